The van der Waals surface area contributed by atoms with Gasteiger partial charge in [0.15, 0.2) is 0 Å². The van der Waals surface area contributed by atoms with E-state index in [2.05, 4.69) is 87.8 Å². The highest BCUT2D eigenvalue weighted by Crippen LogP contribution is 2.49. The lowest BCUT2D eigenvalue weighted by Gasteiger charge is -2.18. The molecule has 1 aliphatic rings. The Morgan fingerprint density at radius 3 is 1.94 bits per heavy atom. The first-order valence-corrected chi connectivity index (χ1v) is 10.8. The second-order valence-corrected chi connectivity index (χ2v) is 8.11. The van der Waals surface area contributed by atoms with Crippen LogP contribution >= 0.6 is 0 Å². The van der Waals surface area contributed by atoms with Crippen LogP contribution in [0, 0.1) is 0 Å². The van der Waals surface area contributed by atoms with Crippen LogP contribution in [0.5, 0.6) is 0 Å². The Labute approximate surface area is 191 Å². The zero-order valence-electron chi connectivity index (χ0n) is 18.9. The SMILES string of the molecule is C=CC=CC(=C)C(=C)c1cc2c(cc1C(=C)C(C)=CC=CC)-c1cccc3cccc-2c13. The Balaban J connectivity index is 1.98. The number of hydrogen-bond acceptors (Lipinski definition) is 0. The van der Waals surface area contributed by atoms with E-state index in [9.17, 15) is 0 Å². The van der Waals surface area contributed by atoms with Crippen molar-refractivity contribution in [3.05, 3.63) is 134 Å². The van der Waals surface area contributed by atoms with Crippen molar-refractivity contribution in [3.63, 3.8) is 0 Å². The van der Waals surface area contributed by atoms with Crippen molar-refractivity contribution < 1.29 is 0 Å². The van der Waals surface area contributed by atoms with E-state index in [4.69, 9.17) is 0 Å². The molecule has 0 aromatic heterocycles. The maximum Gasteiger partial charge on any atom is -0.00264 e. The molecule has 0 saturated carbocycles. The highest BCUT2D eigenvalue weighted by Gasteiger charge is 2.24. The van der Waals surface area contributed by atoms with Gasteiger partial charge in [0.25, 0.3) is 0 Å². The largest absolute Gasteiger partial charge is 0.0991 e. The molecule has 0 radical (unpaired) electrons. The summed E-state index contributed by atoms with van der Waals surface area (Å²) in [5.41, 5.74) is 11.1. The molecule has 0 spiro atoms. The fraction of sp³-hybridized carbons (Fsp3) is 0.0625. The third kappa shape index (κ3) is 3.55. The van der Waals surface area contributed by atoms with Crippen LogP contribution in [0.2, 0.25) is 0 Å². The lowest BCUT2D eigenvalue weighted by Crippen LogP contribution is -1.97. The van der Waals surface area contributed by atoms with Gasteiger partial charge < -0.3 is 0 Å². The Morgan fingerprint density at radius 1 is 0.781 bits per heavy atom. The average Bonchev–Trinajstić information content (AvgIpc) is 3.14. The van der Waals surface area contributed by atoms with Crippen molar-refractivity contribution in [1.29, 1.82) is 0 Å². The van der Waals surface area contributed by atoms with E-state index in [-0.39, 0.29) is 0 Å². The van der Waals surface area contributed by atoms with Gasteiger partial charge in [-0.25, -0.2) is 0 Å². The molecule has 0 bridgehead atoms. The highest BCUT2D eigenvalue weighted by molar-refractivity contribution is 6.16. The quantitative estimate of drug-likeness (QED) is 0.265. The molecule has 0 aliphatic heterocycles. The molecule has 3 aromatic rings. The number of benzene rings is 3. The van der Waals surface area contributed by atoms with Crippen molar-refractivity contribution in [2.75, 3.05) is 0 Å². The Morgan fingerprint density at radius 2 is 1.38 bits per heavy atom. The second-order valence-electron chi connectivity index (χ2n) is 8.11. The standard InChI is InChI=1S/C32H28/c1-7-9-13-21(3)23(5)28-19-30-26-17-11-15-25-16-12-18-27(32(25)26)31(30)20-29(28)24(6)22(4)14-10-8-2/h7-20H,1,3,5-6H2,2,4H3. The summed E-state index contributed by atoms with van der Waals surface area (Å²) in [5, 5.41) is 2.58. The molecule has 0 N–H and O–H groups in total. The molecule has 0 amide bonds. The van der Waals surface area contributed by atoms with E-state index < -0.39 is 0 Å². The van der Waals surface area contributed by atoms with Crippen LogP contribution < -0.4 is 0 Å². The van der Waals surface area contributed by atoms with Crippen LogP contribution in [-0.4, -0.2) is 0 Å². The third-order valence-electron chi connectivity index (χ3n) is 6.13. The van der Waals surface area contributed by atoms with Gasteiger partial charge in [-0.3, -0.25) is 0 Å². The predicted octanol–water partition coefficient (Wildman–Crippen LogP) is 9.33. The maximum absolute atomic E-state index is 4.46. The molecule has 4 rings (SSSR count). The molecule has 0 saturated heterocycles. The van der Waals surface area contributed by atoms with Crippen LogP contribution in [0.3, 0.4) is 0 Å². The molecule has 0 fully saturated rings. The highest BCUT2D eigenvalue weighted by atomic mass is 14.3. The van der Waals surface area contributed by atoms with Crippen molar-refractivity contribution >= 4 is 21.9 Å². The van der Waals surface area contributed by atoms with Crippen LogP contribution in [0.1, 0.15) is 25.0 Å². The number of rotatable bonds is 7. The van der Waals surface area contributed by atoms with Gasteiger partial charge in [0.1, 0.15) is 0 Å². The van der Waals surface area contributed by atoms with Gasteiger partial charge in [0.2, 0.25) is 0 Å². The lowest BCUT2D eigenvalue weighted by atomic mass is 9.85. The third-order valence-corrected chi connectivity index (χ3v) is 6.13. The fourth-order valence-electron chi connectivity index (χ4n) is 4.35. The molecule has 156 valence electrons. The van der Waals surface area contributed by atoms with E-state index in [1.54, 1.807) is 6.08 Å². The zero-order valence-corrected chi connectivity index (χ0v) is 18.9. The smallest absolute Gasteiger partial charge is 0.00264 e. The maximum atomic E-state index is 4.46. The summed E-state index contributed by atoms with van der Waals surface area (Å²) in [4.78, 5) is 0. The van der Waals surface area contributed by atoms with E-state index >= 15 is 0 Å². The summed E-state index contributed by atoms with van der Waals surface area (Å²) < 4.78 is 0. The van der Waals surface area contributed by atoms with E-state index in [0.717, 1.165) is 33.4 Å². The average molecular weight is 413 g/mol. The molecule has 0 heteroatoms. The van der Waals surface area contributed by atoms with Gasteiger partial charge in [-0.05, 0) is 92.4 Å². The molecule has 0 unspecified atom stereocenters. The zero-order chi connectivity index (χ0) is 22.8. The minimum atomic E-state index is 0.864. The summed E-state index contributed by atoms with van der Waals surface area (Å²) in [6.07, 6.45) is 11.8. The Kier molecular flexibility index (Phi) is 5.79. The van der Waals surface area contributed by atoms with Crippen molar-refractivity contribution in [2.45, 2.75) is 13.8 Å². The minimum Gasteiger partial charge on any atom is -0.0991 e. The summed E-state index contributed by atoms with van der Waals surface area (Å²) in [6.45, 7) is 21.0. The van der Waals surface area contributed by atoms with Crippen LogP contribution in [-0.2, 0) is 0 Å². The number of allylic oxidation sites excluding steroid dienone is 10. The van der Waals surface area contributed by atoms with E-state index in [1.807, 2.05) is 31.2 Å². The van der Waals surface area contributed by atoms with Gasteiger partial charge in [-0.15, -0.1) is 0 Å². The monoisotopic (exact) mass is 412 g/mol. The van der Waals surface area contributed by atoms with Crippen molar-refractivity contribution in [3.8, 4) is 22.3 Å². The molecule has 1 aliphatic carbocycles. The van der Waals surface area contributed by atoms with Crippen LogP contribution in [0.4, 0.5) is 0 Å². The second kappa shape index (κ2) is 8.69. The normalized spacial score (nSPS) is 12.5. The molecule has 0 atom stereocenters. The minimum absolute atomic E-state index is 0.864. The molecular weight excluding hydrogens is 384 g/mol. The molecule has 32 heavy (non-hydrogen) atoms. The molecular formula is C32H28. The van der Waals surface area contributed by atoms with Gasteiger partial charge in [0.05, 0.1) is 0 Å². The fourth-order valence-corrected chi connectivity index (χ4v) is 4.35. The Bertz CT molecular complexity index is 1380. The summed E-state index contributed by atoms with van der Waals surface area (Å²) in [6, 6.07) is 17.6. The van der Waals surface area contributed by atoms with Gasteiger partial charge in [0, 0.05) is 0 Å². The first-order valence-electron chi connectivity index (χ1n) is 10.8. The summed E-state index contributed by atoms with van der Waals surface area (Å²) in [7, 11) is 0. The van der Waals surface area contributed by atoms with Gasteiger partial charge in [-0.2, -0.15) is 0 Å². The van der Waals surface area contributed by atoms with Gasteiger partial charge >= 0.3 is 0 Å². The Hall–Kier alpha value is -3.90. The van der Waals surface area contributed by atoms with E-state index in [0.29, 0.717) is 0 Å². The topological polar surface area (TPSA) is 0 Å². The van der Waals surface area contributed by atoms with Crippen molar-refractivity contribution in [1.82, 2.24) is 0 Å². The number of fused-ring (bicyclic) bond motifs is 3. The molecule has 3 aromatic carbocycles. The first-order chi connectivity index (χ1) is 15.5. The number of hydrogen-bond donors (Lipinski definition) is 0. The van der Waals surface area contributed by atoms with Crippen LogP contribution in [0.15, 0.2) is 122 Å². The van der Waals surface area contributed by atoms with Crippen LogP contribution in [0.25, 0.3) is 44.2 Å². The lowest BCUT2D eigenvalue weighted by molar-refractivity contribution is 1.47. The molecule has 0 heterocycles. The van der Waals surface area contributed by atoms with Crippen molar-refractivity contribution in [2.24, 2.45) is 0 Å². The first kappa shape index (κ1) is 21.3. The van der Waals surface area contributed by atoms with E-state index in [1.165, 1.54) is 33.0 Å². The van der Waals surface area contributed by atoms with Gasteiger partial charge in [-0.1, -0.05) is 99.2 Å². The summed E-state index contributed by atoms with van der Waals surface area (Å²) >= 11 is 0. The summed E-state index contributed by atoms with van der Waals surface area (Å²) in [5.74, 6) is 0. The molecule has 0 nitrogen and oxygen atoms in total. The predicted molar refractivity (Wildman–Crippen MR) is 143 cm³/mol.